The molecule has 2 heteroatoms. The van der Waals surface area contributed by atoms with Gasteiger partial charge in [-0.15, -0.1) is 0 Å². The highest BCUT2D eigenvalue weighted by Crippen LogP contribution is 1.92. The fourth-order valence-electron chi connectivity index (χ4n) is 0.330. The van der Waals surface area contributed by atoms with E-state index < -0.39 is 5.95 Å². The van der Waals surface area contributed by atoms with Gasteiger partial charge in [-0.3, -0.25) is 0 Å². The maximum absolute atomic E-state index is 9.99. The third-order valence-corrected chi connectivity index (χ3v) is 0.761. The molecule has 0 aromatic rings. The Labute approximate surface area is 49.8 Å². The second-order valence-electron chi connectivity index (χ2n) is 1.57. The van der Waals surface area contributed by atoms with Gasteiger partial charge in [-0.2, -0.15) is 0 Å². The summed E-state index contributed by atoms with van der Waals surface area (Å²) in [6, 6.07) is 0. The van der Waals surface area contributed by atoms with Gasteiger partial charge in [-0.05, 0) is 13.0 Å². The van der Waals surface area contributed by atoms with E-state index >= 15 is 0 Å². The SMILES string of the molecule is C=C([O])OCCCC. The van der Waals surface area contributed by atoms with Crippen molar-refractivity contribution < 1.29 is 9.84 Å². The quantitative estimate of drug-likeness (QED) is 0.405. The van der Waals surface area contributed by atoms with Crippen LogP contribution in [0.5, 0.6) is 0 Å². The van der Waals surface area contributed by atoms with E-state index in [0.717, 1.165) is 12.8 Å². The largest absolute Gasteiger partial charge is 0.463 e. The number of ether oxygens (including phenoxy) is 1. The van der Waals surface area contributed by atoms with Crippen molar-refractivity contribution in [3.05, 3.63) is 12.5 Å². The molecule has 0 rings (SSSR count). The van der Waals surface area contributed by atoms with E-state index in [9.17, 15) is 5.11 Å². The molecule has 8 heavy (non-hydrogen) atoms. The van der Waals surface area contributed by atoms with Crippen LogP contribution in [0.15, 0.2) is 12.5 Å². The van der Waals surface area contributed by atoms with Gasteiger partial charge < -0.3 is 4.74 Å². The van der Waals surface area contributed by atoms with Crippen LogP contribution >= 0.6 is 0 Å². The average Bonchev–Trinajstić information content (AvgIpc) is 1.66. The van der Waals surface area contributed by atoms with Gasteiger partial charge in [-0.25, -0.2) is 5.11 Å². The van der Waals surface area contributed by atoms with Crippen LogP contribution in [0.4, 0.5) is 0 Å². The van der Waals surface area contributed by atoms with Gasteiger partial charge in [0.2, 0.25) is 0 Å². The molecule has 0 fully saturated rings. The van der Waals surface area contributed by atoms with Gasteiger partial charge in [0, 0.05) is 0 Å². The van der Waals surface area contributed by atoms with E-state index in [1.165, 1.54) is 0 Å². The van der Waals surface area contributed by atoms with Crippen LogP contribution in [0, 0.1) is 0 Å². The summed E-state index contributed by atoms with van der Waals surface area (Å²) in [5.41, 5.74) is 0. The minimum Gasteiger partial charge on any atom is -0.463 e. The van der Waals surface area contributed by atoms with Crippen molar-refractivity contribution in [2.45, 2.75) is 19.8 Å². The van der Waals surface area contributed by atoms with Crippen LogP contribution in [-0.2, 0) is 9.84 Å². The van der Waals surface area contributed by atoms with Crippen molar-refractivity contribution in [2.75, 3.05) is 6.61 Å². The Hall–Kier alpha value is -0.660. The van der Waals surface area contributed by atoms with Crippen LogP contribution in [0.2, 0.25) is 0 Å². The Balaban J connectivity index is 2.82. The number of rotatable bonds is 4. The smallest absolute Gasteiger partial charge is 0.323 e. The highest BCUT2D eigenvalue weighted by atomic mass is 16.6. The molecule has 47 valence electrons. The summed E-state index contributed by atoms with van der Waals surface area (Å²) in [6.07, 6.45) is 1.98. The summed E-state index contributed by atoms with van der Waals surface area (Å²) in [5, 5.41) is 9.99. The molecule has 0 saturated heterocycles. The Kier molecular flexibility index (Phi) is 4.13. The minimum atomic E-state index is -0.432. The van der Waals surface area contributed by atoms with Gasteiger partial charge in [0.05, 0.1) is 6.61 Å². The van der Waals surface area contributed by atoms with Crippen molar-refractivity contribution in [2.24, 2.45) is 0 Å². The molecule has 0 bridgehead atoms. The molecule has 0 aliphatic rings. The van der Waals surface area contributed by atoms with Crippen LogP contribution in [0.25, 0.3) is 0 Å². The monoisotopic (exact) mass is 115 g/mol. The molecule has 0 atom stereocenters. The average molecular weight is 115 g/mol. The maximum atomic E-state index is 9.99. The molecule has 2 nitrogen and oxygen atoms in total. The van der Waals surface area contributed by atoms with Gasteiger partial charge in [0.25, 0.3) is 0 Å². The van der Waals surface area contributed by atoms with Crippen molar-refractivity contribution in [3.63, 3.8) is 0 Å². The zero-order valence-corrected chi connectivity index (χ0v) is 5.14. The first-order chi connectivity index (χ1) is 3.77. The number of hydrogen-bond acceptors (Lipinski definition) is 1. The van der Waals surface area contributed by atoms with Gasteiger partial charge in [-0.1, -0.05) is 13.3 Å². The second-order valence-corrected chi connectivity index (χ2v) is 1.57. The summed E-state index contributed by atoms with van der Waals surface area (Å²) in [7, 11) is 0. The second kappa shape index (κ2) is 4.50. The summed E-state index contributed by atoms with van der Waals surface area (Å²) in [5.74, 6) is -0.432. The number of unbranched alkanes of at least 4 members (excludes halogenated alkanes) is 1. The molecule has 0 saturated carbocycles. The summed E-state index contributed by atoms with van der Waals surface area (Å²) >= 11 is 0. The van der Waals surface area contributed by atoms with E-state index in [4.69, 9.17) is 0 Å². The molecule has 0 amide bonds. The molecule has 0 aliphatic heterocycles. The van der Waals surface area contributed by atoms with Crippen molar-refractivity contribution >= 4 is 0 Å². The number of hydrogen-bond donors (Lipinski definition) is 0. The minimum absolute atomic E-state index is 0.432. The Morgan fingerprint density at radius 2 is 2.38 bits per heavy atom. The zero-order valence-electron chi connectivity index (χ0n) is 5.14. The van der Waals surface area contributed by atoms with E-state index in [2.05, 4.69) is 11.3 Å². The lowest BCUT2D eigenvalue weighted by molar-refractivity contribution is 0.0538. The van der Waals surface area contributed by atoms with Crippen LogP contribution in [0.1, 0.15) is 19.8 Å². The molecule has 0 unspecified atom stereocenters. The molecule has 0 heterocycles. The molecule has 0 aromatic carbocycles. The Morgan fingerprint density at radius 3 is 2.75 bits per heavy atom. The lowest BCUT2D eigenvalue weighted by atomic mass is 10.4. The van der Waals surface area contributed by atoms with E-state index in [-0.39, 0.29) is 0 Å². The van der Waals surface area contributed by atoms with Gasteiger partial charge in [0.15, 0.2) is 0 Å². The van der Waals surface area contributed by atoms with Crippen molar-refractivity contribution in [1.29, 1.82) is 0 Å². The predicted molar refractivity (Wildman–Crippen MR) is 30.7 cm³/mol. The fourth-order valence-corrected chi connectivity index (χ4v) is 0.330. The van der Waals surface area contributed by atoms with Crippen molar-refractivity contribution in [3.8, 4) is 0 Å². The summed E-state index contributed by atoms with van der Waals surface area (Å²) in [6.45, 7) is 5.60. The summed E-state index contributed by atoms with van der Waals surface area (Å²) in [4.78, 5) is 0. The maximum Gasteiger partial charge on any atom is 0.323 e. The first kappa shape index (κ1) is 7.34. The standard InChI is InChI=1S/C6H11O2/c1-3-4-5-8-6(2)7/h2-5H2,1H3. The van der Waals surface area contributed by atoms with Crippen LogP contribution in [-0.4, -0.2) is 6.61 Å². The van der Waals surface area contributed by atoms with Crippen LogP contribution < -0.4 is 0 Å². The fraction of sp³-hybridized carbons (Fsp3) is 0.667. The predicted octanol–water partition coefficient (Wildman–Crippen LogP) is 1.70. The topological polar surface area (TPSA) is 29.1 Å². The Morgan fingerprint density at radius 1 is 1.75 bits per heavy atom. The van der Waals surface area contributed by atoms with Gasteiger partial charge in [0.1, 0.15) is 0 Å². The first-order valence-corrected chi connectivity index (χ1v) is 2.76. The summed E-state index contributed by atoms with van der Waals surface area (Å²) < 4.78 is 4.53. The highest BCUT2D eigenvalue weighted by Gasteiger charge is 1.87. The molecule has 0 aliphatic carbocycles. The van der Waals surface area contributed by atoms with Crippen LogP contribution in [0.3, 0.4) is 0 Å². The van der Waals surface area contributed by atoms with Gasteiger partial charge >= 0.3 is 5.95 Å². The molecule has 0 N–H and O–H groups in total. The molecule has 0 aromatic heterocycles. The van der Waals surface area contributed by atoms with Crippen molar-refractivity contribution in [1.82, 2.24) is 0 Å². The zero-order chi connectivity index (χ0) is 6.41. The lowest BCUT2D eigenvalue weighted by Crippen LogP contribution is -1.90. The van der Waals surface area contributed by atoms with E-state index in [1.54, 1.807) is 0 Å². The highest BCUT2D eigenvalue weighted by molar-refractivity contribution is 4.60. The van der Waals surface area contributed by atoms with E-state index in [0.29, 0.717) is 6.61 Å². The molecule has 0 spiro atoms. The first-order valence-electron chi connectivity index (χ1n) is 2.76. The molecular formula is C6H11O2. The van der Waals surface area contributed by atoms with E-state index in [1.807, 2.05) is 6.92 Å². The third kappa shape index (κ3) is 5.34. The molecular weight excluding hydrogens is 104 g/mol. The third-order valence-electron chi connectivity index (χ3n) is 0.761. The normalized spacial score (nSPS) is 8.62. The lowest BCUT2D eigenvalue weighted by Gasteiger charge is -1.96. The Bertz CT molecular complexity index is 68.9. The molecule has 1 radical (unpaired) electrons.